The van der Waals surface area contributed by atoms with Gasteiger partial charge in [0.25, 0.3) is 0 Å². The molecule has 0 fully saturated rings. The van der Waals surface area contributed by atoms with E-state index in [0.29, 0.717) is 6.04 Å². The lowest BCUT2D eigenvalue weighted by Gasteiger charge is -2.19. The molecule has 0 radical (unpaired) electrons. The summed E-state index contributed by atoms with van der Waals surface area (Å²) in [6.45, 7) is 4.38. The third-order valence-electron chi connectivity index (χ3n) is 2.73. The van der Waals surface area contributed by atoms with Crippen LogP contribution in [0.1, 0.15) is 37.9 Å². The van der Waals surface area contributed by atoms with Crippen molar-refractivity contribution in [3.63, 3.8) is 0 Å². The van der Waals surface area contributed by atoms with Gasteiger partial charge in [0.2, 0.25) is 0 Å². The Bertz CT molecular complexity index is 323. The molecule has 2 nitrogen and oxygen atoms in total. The third-order valence-corrected chi connectivity index (χ3v) is 2.73. The number of hydrogen-bond acceptors (Lipinski definition) is 1. The summed E-state index contributed by atoms with van der Waals surface area (Å²) in [6, 6.07) is 2.64. The number of aromatic nitrogens is 1. The van der Waals surface area contributed by atoms with E-state index in [0.717, 1.165) is 19.3 Å². The van der Waals surface area contributed by atoms with Crippen LogP contribution in [-0.4, -0.2) is 16.7 Å². The maximum atomic E-state index is 4.73. The van der Waals surface area contributed by atoms with E-state index in [1.165, 1.54) is 17.0 Å². The summed E-state index contributed by atoms with van der Waals surface area (Å²) in [5.74, 6) is 0. The minimum atomic E-state index is 0.501. The second-order valence-electron chi connectivity index (χ2n) is 3.57. The zero-order chi connectivity index (χ0) is 9.26. The summed E-state index contributed by atoms with van der Waals surface area (Å²) in [4.78, 5) is 8.03. The van der Waals surface area contributed by atoms with E-state index in [-0.39, 0.29) is 0 Å². The Labute approximate surface area is 79.1 Å². The molecule has 2 heteroatoms. The lowest BCUT2D eigenvalue weighted by molar-refractivity contribution is 0.630. The maximum absolute atomic E-state index is 4.73. The first-order valence-corrected chi connectivity index (χ1v) is 5.08. The summed E-state index contributed by atoms with van der Waals surface area (Å²) < 4.78 is 0. The SMILES string of the molecule is CCC1=N[C@H](CC)Cc2[nH]ccc21. The summed E-state index contributed by atoms with van der Waals surface area (Å²) in [6.07, 6.45) is 5.29. The summed E-state index contributed by atoms with van der Waals surface area (Å²) in [5, 5.41) is 0. The zero-order valence-corrected chi connectivity index (χ0v) is 8.30. The number of H-pyrrole nitrogens is 1. The molecule has 0 saturated carbocycles. The van der Waals surface area contributed by atoms with Gasteiger partial charge in [0.1, 0.15) is 0 Å². The monoisotopic (exact) mass is 176 g/mol. The first-order valence-electron chi connectivity index (χ1n) is 5.08. The number of hydrogen-bond donors (Lipinski definition) is 1. The first-order chi connectivity index (χ1) is 6.35. The van der Waals surface area contributed by atoms with Crippen molar-refractivity contribution in [1.29, 1.82) is 0 Å². The van der Waals surface area contributed by atoms with Crippen LogP contribution >= 0.6 is 0 Å². The van der Waals surface area contributed by atoms with Crippen LogP contribution in [0.2, 0.25) is 0 Å². The minimum absolute atomic E-state index is 0.501. The van der Waals surface area contributed by atoms with Crippen LogP contribution < -0.4 is 0 Å². The number of nitrogens with zero attached hydrogens (tertiary/aromatic N) is 1. The molecule has 1 aliphatic rings. The normalized spacial score (nSPS) is 21.1. The van der Waals surface area contributed by atoms with Crippen LogP contribution in [0.3, 0.4) is 0 Å². The lowest BCUT2D eigenvalue weighted by atomic mass is 9.98. The molecule has 2 rings (SSSR count). The average Bonchev–Trinajstić information content (AvgIpc) is 2.63. The maximum Gasteiger partial charge on any atom is 0.0555 e. The van der Waals surface area contributed by atoms with Gasteiger partial charge >= 0.3 is 0 Å². The van der Waals surface area contributed by atoms with Crippen LogP contribution in [0.25, 0.3) is 0 Å². The Morgan fingerprint density at radius 1 is 1.54 bits per heavy atom. The third kappa shape index (κ3) is 1.41. The van der Waals surface area contributed by atoms with Gasteiger partial charge in [-0.1, -0.05) is 13.8 Å². The molecule has 0 spiro atoms. The molecule has 70 valence electrons. The fourth-order valence-electron chi connectivity index (χ4n) is 1.93. The van der Waals surface area contributed by atoms with E-state index >= 15 is 0 Å². The zero-order valence-electron chi connectivity index (χ0n) is 8.30. The molecule has 0 bridgehead atoms. The van der Waals surface area contributed by atoms with Crippen molar-refractivity contribution in [2.24, 2.45) is 4.99 Å². The summed E-state index contributed by atoms with van der Waals surface area (Å²) in [7, 11) is 0. The Hall–Kier alpha value is -1.05. The van der Waals surface area contributed by atoms with E-state index in [1.807, 2.05) is 6.20 Å². The number of aliphatic imine (C=N–C) groups is 1. The molecule has 0 amide bonds. The van der Waals surface area contributed by atoms with Gasteiger partial charge in [-0.15, -0.1) is 0 Å². The Balaban J connectivity index is 2.37. The summed E-state index contributed by atoms with van der Waals surface area (Å²) in [5.41, 5.74) is 3.99. The van der Waals surface area contributed by atoms with Crippen LogP contribution in [-0.2, 0) is 6.42 Å². The van der Waals surface area contributed by atoms with Gasteiger partial charge < -0.3 is 4.98 Å². The standard InChI is InChI=1S/C11H16N2/c1-3-8-7-11-9(5-6-12-11)10(4-2)13-8/h5-6,8,12H,3-4,7H2,1-2H3/t8-/m1/s1. The highest BCUT2D eigenvalue weighted by Gasteiger charge is 2.19. The molecule has 0 aliphatic carbocycles. The quantitative estimate of drug-likeness (QED) is 0.717. The second kappa shape index (κ2) is 3.36. The van der Waals surface area contributed by atoms with Crippen LogP contribution in [0.5, 0.6) is 0 Å². The molecule has 13 heavy (non-hydrogen) atoms. The molecule has 1 N–H and O–H groups in total. The molecule has 0 aromatic carbocycles. The average molecular weight is 176 g/mol. The lowest BCUT2D eigenvalue weighted by Crippen LogP contribution is -2.19. The highest BCUT2D eigenvalue weighted by Crippen LogP contribution is 2.21. The fraction of sp³-hybridized carbons (Fsp3) is 0.545. The van der Waals surface area contributed by atoms with Crippen molar-refractivity contribution in [1.82, 2.24) is 4.98 Å². The molecule has 1 aromatic rings. The van der Waals surface area contributed by atoms with E-state index in [9.17, 15) is 0 Å². The Kier molecular flexibility index (Phi) is 2.21. The molecule has 0 unspecified atom stereocenters. The molecular formula is C11H16N2. The molecule has 0 saturated heterocycles. The molecule has 2 heterocycles. The van der Waals surface area contributed by atoms with E-state index < -0.39 is 0 Å². The first kappa shape index (κ1) is 8.54. The van der Waals surface area contributed by atoms with E-state index in [1.54, 1.807) is 0 Å². The van der Waals surface area contributed by atoms with Crippen molar-refractivity contribution < 1.29 is 0 Å². The van der Waals surface area contributed by atoms with Crippen molar-refractivity contribution in [2.75, 3.05) is 0 Å². The van der Waals surface area contributed by atoms with Crippen molar-refractivity contribution in [3.8, 4) is 0 Å². The molecule has 1 atom stereocenters. The smallest absolute Gasteiger partial charge is 0.0555 e. The largest absolute Gasteiger partial charge is 0.364 e. The van der Waals surface area contributed by atoms with Gasteiger partial charge in [-0.25, -0.2) is 0 Å². The number of fused-ring (bicyclic) bond motifs is 1. The van der Waals surface area contributed by atoms with Gasteiger partial charge in [0.15, 0.2) is 0 Å². The number of rotatable bonds is 2. The van der Waals surface area contributed by atoms with Gasteiger partial charge in [-0.3, -0.25) is 4.99 Å². The van der Waals surface area contributed by atoms with Crippen LogP contribution in [0.15, 0.2) is 17.3 Å². The Morgan fingerprint density at radius 3 is 3.08 bits per heavy atom. The van der Waals surface area contributed by atoms with Gasteiger partial charge in [-0.05, 0) is 18.9 Å². The van der Waals surface area contributed by atoms with Crippen LogP contribution in [0, 0.1) is 0 Å². The van der Waals surface area contributed by atoms with Crippen molar-refractivity contribution in [2.45, 2.75) is 39.2 Å². The predicted molar refractivity (Wildman–Crippen MR) is 55.4 cm³/mol. The topological polar surface area (TPSA) is 28.1 Å². The number of nitrogens with one attached hydrogen (secondary N) is 1. The fourth-order valence-corrected chi connectivity index (χ4v) is 1.93. The van der Waals surface area contributed by atoms with Gasteiger partial charge in [0.05, 0.1) is 6.04 Å². The molecule has 1 aromatic heterocycles. The van der Waals surface area contributed by atoms with Crippen molar-refractivity contribution in [3.05, 3.63) is 23.5 Å². The highest BCUT2D eigenvalue weighted by molar-refractivity contribution is 6.02. The van der Waals surface area contributed by atoms with E-state index in [4.69, 9.17) is 4.99 Å². The van der Waals surface area contributed by atoms with Gasteiger partial charge in [-0.2, -0.15) is 0 Å². The highest BCUT2D eigenvalue weighted by atomic mass is 14.8. The number of aromatic amines is 1. The minimum Gasteiger partial charge on any atom is -0.364 e. The molecular weight excluding hydrogens is 160 g/mol. The Morgan fingerprint density at radius 2 is 2.38 bits per heavy atom. The van der Waals surface area contributed by atoms with Crippen molar-refractivity contribution >= 4 is 5.71 Å². The second-order valence-corrected chi connectivity index (χ2v) is 3.57. The molecule has 1 aliphatic heterocycles. The van der Waals surface area contributed by atoms with E-state index in [2.05, 4.69) is 24.9 Å². The van der Waals surface area contributed by atoms with Crippen LogP contribution in [0.4, 0.5) is 0 Å². The summed E-state index contributed by atoms with van der Waals surface area (Å²) >= 11 is 0. The predicted octanol–water partition coefficient (Wildman–Crippen LogP) is 2.55. The van der Waals surface area contributed by atoms with Gasteiger partial charge in [0, 0.05) is 29.6 Å².